The average molecular weight is 537 g/mol. The van der Waals surface area contributed by atoms with Crippen LogP contribution >= 0.6 is 50.7 Å². The standard InChI is InChI=1S/C21H22BrCl3N2O3/c1-12(2)26-21(29)13(3)27(10-14-4-5-16(24)9-18(14)25)20(28)11-30-19-7-6-15(23)8-17(19)22/h4-9,12-13H,10-11H2,1-3H3,(H,26,29)/t13-/m1/s1. The van der Waals surface area contributed by atoms with Crippen LogP contribution in [-0.4, -0.2) is 35.4 Å². The van der Waals surface area contributed by atoms with E-state index in [4.69, 9.17) is 39.5 Å². The molecule has 0 aliphatic carbocycles. The Morgan fingerprint density at radius 3 is 2.30 bits per heavy atom. The molecule has 2 rings (SSSR count). The number of amides is 2. The molecule has 0 bridgehead atoms. The summed E-state index contributed by atoms with van der Waals surface area (Å²) in [7, 11) is 0. The van der Waals surface area contributed by atoms with Crippen LogP contribution in [0.2, 0.25) is 15.1 Å². The smallest absolute Gasteiger partial charge is 0.261 e. The van der Waals surface area contributed by atoms with Crippen molar-refractivity contribution >= 4 is 62.5 Å². The lowest BCUT2D eigenvalue weighted by atomic mass is 10.1. The first-order valence-electron chi connectivity index (χ1n) is 9.20. The molecule has 30 heavy (non-hydrogen) atoms. The fourth-order valence-corrected chi connectivity index (χ4v) is 3.90. The summed E-state index contributed by atoms with van der Waals surface area (Å²) in [5, 5.41) is 4.27. The Balaban J connectivity index is 2.22. The van der Waals surface area contributed by atoms with Gasteiger partial charge in [-0.25, -0.2) is 0 Å². The summed E-state index contributed by atoms with van der Waals surface area (Å²) < 4.78 is 6.28. The number of carbonyl (C=O) groups excluding carboxylic acids is 2. The lowest BCUT2D eigenvalue weighted by Gasteiger charge is -2.29. The van der Waals surface area contributed by atoms with E-state index >= 15 is 0 Å². The van der Waals surface area contributed by atoms with E-state index in [1.165, 1.54) is 4.90 Å². The molecule has 162 valence electrons. The average Bonchev–Trinajstić information content (AvgIpc) is 2.65. The molecule has 9 heteroatoms. The highest BCUT2D eigenvalue weighted by atomic mass is 79.9. The molecule has 0 heterocycles. The third-order valence-electron chi connectivity index (χ3n) is 4.20. The van der Waals surface area contributed by atoms with Gasteiger partial charge >= 0.3 is 0 Å². The van der Waals surface area contributed by atoms with Gasteiger partial charge < -0.3 is 15.0 Å². The molecule has 0 aliphatic rings. The van der Waals surface area contributed by atoms with Crippen LogP contribution in [0.5, 0.6) is 5.75 Å². The first-order valence-corrected chi connectivity index (χ1v) is 11.1. The number of hydrogen-bond donors (Lipinski definition) is 1. The molecule has 0 saturated carbocycles. The van der Waals surface area contributed by atoms with E-state index in [1.54, 1.807) is 43.3 Å². The molecule has 0 unspecified atom stereocenters. The van der Waals surface area contributed by atoms with E-state index in [2.05, 4.69) is 21.2 Å². The predicted molar refractivity (Wildman–Crippen MR) is 124 cm³/mol. The van der Waals surface area contributed by atoms with Crippen LogP contribution in [0.25, 0.3) is 0 Å². The van der Waals surface area contributed by atoms with E-state index in [1.807, 2.05) is 13.8 Å². The largest absolute Gasteiger partial charge is 0.483 e. The van der Waals surface area contributed by atoms with Crippen LogP contribution < -0.4 is 10.1 Å². The quantitative estimate of drug-likeness (QED) is 0.469. The Kier molecular flexibility index (Phi) is 9.29. The predicted octanol–water partition coefficient (Wildman–Crippen LogP) is 5.73. The molecule has 0 aliphatic heterocycles. The summed E-state index contributed by atoms with van der Waals surface area (Å²) in [6.45, 7) is 5.25. The number of carbonyl (C=O) groups is 2. The zero-order chi connectivity index (χ0) is 22.4. The SMILES string of the molecule is CC(C)NC(=O)[C@@H](C)N(Cc1ccc(Cl)cc1Cl)C(=O)COc1ccc(Cl)cc1Br. The second-order valence-corrected chi connectivity index (χ2v) is 9.09. The van der Waals surface area contributed by atoms with Crippen molar-refractivity contribution in [2.24, 2.45) is 0 Å². The van der Waals surface area contributed by atoms with Crippen LogP contribution in [0.1, 0.15) is 26.3 Å². The fourth-order valence-electron chi connectivity index (χ4n) is 2.64. The molecule has 0 spiro atoms. The maximum atomic E-state index is 13.0. The Morgan fingerprint density at radius 2 is 1.70 bits per heavy atom. The van der Waals surface area contributed by atoms with E-state index in [0.29, 0.717) is 30.9 Å². The molecule has 2 aromatic carbocycles. The number of rotatable bonds is 8. The van der Waals surface area contributed by atoms with Crippen molar-refractivity contribution in [3.05, 3.63) is 61.5 Å². The fraction of sp³-hybridized carbons (Fsp3) is 0.333. The van der Waals surface area contributed by atoms with Gasteiger partial charge in [0, 0.05) is 27.7 Å². The van der Waals surface area contributed by atoms with E-state index in [9.17, 15) is 9.59 Å². The van der Waals surface area contributed by atoms with Gasteiger partial charge in [-0.2, -0.15) is 0 Å². The van der Waals surface area contributed by atoms with E-state index in [0.717, 1.165) is 0 Å². The second kappa shape index (κ2) is 11.2. The van der Waals surface area contributed by atoms with Gasteiger partial charge in [0.05, 0.1) is 4.47 Å². The summed E-state index contributed by atoms with van der Waals surface area (Å²) in [6, 6.07) is 9.22. The number of nitrogens with zero attached hydrogens (tertiary/aromatic N) is 1. The minimum atomic E-state index is -0.732. The van der Waals surface area contributed by atoms with Crippen molar-refractivity contribution in [3.63, 3.8) is 0 Å². The van der Waals surface area contributed by atoms with Crippen LogP contribution in [-0.2, 0) is 16.1 Å². The molecular formula is C21H22BrCl3N2O3. The highest BCUT2D eigenvalue weighted by molar-refractivity contribution is 9.10. The number of ether oxygens (including phenoxy) is 1. The normalized spacial score (nSPS) is 11.9. The molecule has 0 radical (unpaired) electrons. The van der Waals surface area contributed by atoms with Crippen LogP contribution in [0.15, 0.2) is 40.9 Å². The van der Waals surface area contributed by atoms with Gasteiger partial charge in [-0.15, -0.1) is 0 Å². The van der Waals surface area contributed by atoms with Crippen LogP contribution in [0, 0.1) is 0 Å². The molecule has 2 amide bonds. The van der Waals surface area contributed by atoms with Crippen molar-refractivity contribution in [1.82, 2.24) is 10.2 Å². The van der Waals surface area contributed by atoms with Crippen LogP contribution in [0.3, 0.4) is 0 Å². The van der Waals surface area contributed by atoms with Gasteiger partial charge in [0.2, 0.25) is 5.91 Å². The molecular weight excluding hydrogens is 515 g/mol. The maximum absolute atomic E-state index is 13.0. The summed E-state index contributed by atoms with van der Waals surface area (Å²) in [5.74, 6) is -0.165. The summed E-state index contributed by atoms with van der Waals surface area (Å²) in [4.78, 5) is 27.0. The number of hydrogen-bond acceptors (Lipinski definition) is 3. The van der Waals surface area contributed by atoms with Crippen molar-refractivity contribution in [3.8, 4) is 5.75 Å². The Labute approximate surface area is 199 Å². The summed E-state index contributed by atoms with van der Waals surface area (Å²) >= 11 is 21.5. The van der Waals surface area contributed by atoms with Crippen molar-refractivity contribution in [2.75, 3.05) is 6.61 Å². The first kappa shape index (κ1) is 24.8. The minimum absolute atomic E-state index is 0.0581. The highest BCUT2D eigenvalue weighted by Crippen LogP contribution is 2.28. The molecule has 0 saturated heterocycles. The third-order valence-corrected chi connectivity index (χ3v) is 5.64. The number of benzene rings is 2. The number of halogens is 4. The van der Waals surface area contributed by atoms with Gasteiger partial charge in [-0.3, -0.25) is 9.59 Å². The van der Waals surface area contributed by atoms with Gasteiger partial charge in [0.15, 0.2) is 6.61 Å². The Morgan fingerprint density at radius 1 is 1.07 bits per heavy atom. The second-order valence-electron chi connectivity index (χ2n) is 6.96. The van der Waals surface area contributed by atoms with Gasteiger partial charge in [-0.1, -0.05) is 40.9 Å². The summed E-state index contributed by atoms with van der Waals surface area (Å²) in [5.41, 5.74) is 0.672. The Bertz CT molecular complexity index is 924. The van der Waals surface area contributed by atoms with E-state index < -0.39 is 6.04 Å². The van der Waals surface area contributed by atoms with E-state index in [-0.39, 0.29) is 31.0 Å². The minimum Gasteiger partial charge on any atom is -0.483 e. The number of nitrogens with one attached hydrogen (secondary N) is 1. The van der Waals surface area contributed by atoms with Crippen molar-refractivity contribution < 1.29 is 14.3 Å². The molecule has 5 nitrogen and oxygen atoms in total. The molecule has 1 N–H and O–H groups in total. The highest BCUT2D eigenvalue weighted by Gasteiger charge is 2.27. The lowest BCUT2D eigenvalue weighted by molar-refractivity contribution is -0.142. The monoisotopic (exact) mass is 534 g/mol. The van der Waals surface area contributed by atoms with Crippen molar-refractivity contribution in [2.45, 2.75) is 39.4 Å². The van der Waals surface area contributed by atoms with Gasteiger partial charge in [0.25, 0.3) is 5.91 Å². The van der Waals surface area contributed by atoms with Crippen molar-refractivity contribution in [1.29, 1.82) is 0 Å². The topological polar surface area (TPSA) is 58.6 Å². The maximum Gasteiger partial charge on any atom is 0.261 e. The summed E-state index contributed by atoms with van der Waals surface area (Å²) in [6.07, 6.45) is 0. The zero-order valence-electron chi connectivity index (χ0n) is 16.7. The molecule has 0 fully saturated rings. The molecule has 1 atom stereocenters. The molecule has 2 aromatic rings. The van der Waals surface area contributed by atoms with Gasteiger partial charge in [-0.05, 0) is 72.6 Å². The van der Waals surface area contributed by atoms with Gasteiger partial charge in [0.1, 0.15) is 11.8 Å². The van der Waals surface area contributed by atoms with Crippen LogP contribution in [0.4, 0.5) is 0 Å². The third kappa shape index (κ3) is 7.05. The Hall–Kier alpha value is -1.47. The molecule has 0 aromatic heterocycles. The first-order chi connectivity index (χ1) is 14.1. The lowest BCUT2D eigenvalue weighted by Crippen LogP contribution is -2.50. The zero-order valence-corrected chi connectivity index (χ0v) is 20.6.